The third-order valence-electron chi connectivity index (χ3n) is 6.08. The van der Waals surface area contributed by atoms with Crippen molar-refractivity contribution in [2.24, 2.45) is 11.8 Å². The van der Waals surface area contributed by atoms with Gasteiger partial charge in [-0.05, 0) is 60.2 Å². The fourth-order valence-corrected chi connectivity index (χ4v) is 4.93. The van der Waals surface area contributed by atoms with Crippen LogP contribution in [0, 0.1) is 18.8 Å². The summed E-state index contributed by atoms with van der Waals surface area (Å²) in [6.07, 6.45) is 1.81. The van der Waals surface area contributed by atoms with E-state index in [1.165, 1.54) is 0 Å². The van der Waals surface area contributed by atoms with Crippen LogP contribution in [0.3, 0.4) is 0 Å². The lowest BCUT2D eigenvalue weighted by Gasteiger charge is -2.19. The Bertz CT molecular complexity index is 944. The quantitative estimate of drug-likeness (QED) is 0.817. The van der Waals surface area contributed by atoms with Gasteiger partial charge in [0.1, 0.15) is 5.76 Å². The third-order valence-corrected chi connectivity index (χ3v) is 6.33. The molecule has 2 aromatic carbocycles. The van der Waals surface area contributed by atoms with E-state index in [-0.39, 0.29) is 35.6 Å². The highest BCUT2D eigenvalue weighted by Gasteiger charge is 2.59. The molecule has 2 aliphatic heterocycles. The number of halogens is 1. The number of allylic oxidation sites excluding steroid dienone is 1. The first kappa shape index (κ1) is 16.1. The van der Waals surface area contributed by atoms with Gasteiger partial charge in [-0.1, -0.05) is 35.9 Å². The fraction of sp³-hybridized carbons (Fsp3) is 0.318. The van der Waals surface area contributed by atoms with Crippen LogP contribution in [-0.4, -0.2) is 23.1 Å². The van der Waals surface area contributed by atoms with Crippen molar-refractivity contribution in [1.29, 1.82) is 0 Å². The molecule has 26 heavy (non-hydrogen) atoms. The molecule has 2 fully saturated rings. The van der Waals surface area contributed by atoms with Gasteiger partial charge < -0.3 is 9.84 Å². The van der Waals surface area contributed by atoms with Crippen molar-refractivity contribution in [3.8, 4) is 11.1 Å². The summed E-state index contributed by atoms with van der Waals surface area (Å²) in [5, 5.41) is 11.6. The highest BCUT2D eigenvalue weighted by Crippen LogP contribution is 2.53. The van der Waals surface area contributed by atoms with E-state index in [1.807, 2.05) is 49.4 Å². The normalized spacial score (nSPS) is 29.5. The lowest BCUT2D eigenvalue weighted by Crippen LogP contribution is -2.29. The number of aryl methyl sites for hydroxylation is 1. The van der Waals surface area contributed by atoms with Crippen molar-refractivity contribution < 1.29 is 14.6 Å². The number of aliphatic hydroxyl groups is 1. The first-order valence-electron chi connectivity index (χ1n) is 9.04. The number of rotatable bonds is 2. The van der Waals surface area contributed by atoms with E-state index in [0.717, 1.165) is 35.1 Å². The van der Waals surface area contributed by atoms with E-state index in [1.54, 1.807) is 0 Å². The molecule has 132 valence electrons. The molecule has 2 heterocycles. The average Bonchev–Trinajstić information content (AvgIpc) is 3.31. The largest absolute Gasteiger partial charge is 0.511 e. The summed E-state index contributed by atoms with van der Waals surface area (Å²) in [6, 6.07) is 13.7. The molecule has 2 unspecified atom stereocenters. The molecular weight excluding hydrogens is 348 g/mol. The molecule has 4 atom stereocenters. The van der Waals surface area contributed by atoms with Crippen molar-refractivity contribution in [2.45, 2.75) is 32.0 Å². The van der Waals surface area contributed by atoms with Crippen LogP contribution < -0.4 is 0 Å². The lowest BCUT2D eigenvalue weighted by atomic mass is 9.80. The van der Waals surface area contributed by atoms with Gasteiger partial charge in [0.2, 0.25) is 0 Å². The summed E-state index contributed by atoms with van der Waals surface area (Å²) in [6.45, 7) is 1.98. The molecule has 1 aliphatic carbocycles. The van der Waals surface area contributed by atoms with Gasteiger partial charge in [0.05, 0.1) is 29.6 Å². The third kappa shape index (κ3) is 2.20. The molecule has 2 bridgehead atoms. The smallest absolute Gasteiger partial charge is 0.173 e. The summed E-state index contributed by atoms with van der Waals surface area (Å²) in [7, 11) is 0. The van der Waals surface area contributed by atoms with Gasteiger partial charge in [-0.25, -0.2) is 0 Å². The number of carbonyl (C=O) groups is 1. The Kier molecular flexibility index (Phi) is 3.53. The SMILES string of the molecule is Cc1ccc(-c2ccc(Cl)cc2)cc1C1=C(O)[C@H]2C3CCC(O3)[C@H]2C1=O. The predicted octanol–water partition coefficient (Wildman–Crippen LogP) is 4.96. The Labute approximate surface area is 157 Å². The summed E-state index contributed by atoms with van der Waals surface area (Å²) in [4.78, 5) is 13.1. The van der Waals surface area contributed by atoms with Crippen LogP contribution in [0.5, 0.6) is 0 Å². The Morgan fingerprint density at radius 1 is 1.00 bits per heavy atom. The highest BCUT2D eigenvalue weighted by molar-refractivity contribution is 6.30. The number of benzene rings is 2. The summed E-state index contributed by atoms with van der Waals surface area (Å²) in [5.41, 5.74) is 4.35. The zero-order valence-electron chi connectivity index (χ0n) is 14.4. The number of hydrogen-bond donors (Lipinski definition) is 1. The fourth-order valence-electron chi connectivity index (χ4n) is 4.80. The Balaban J connectivity index is 1.61. The van der Waals surface area contributed by atoms with E-state index < -0.39 is 0 Å². The molecule has 1 N–H and O–H groups in total. The zero-order chi connectivity index (χ0) is 18.0. The van der Waals surface area contributed by atoms with Gasteiger partial charge in [0, 0.05) is 5.02 Å². The molecular formula is C22H19ClO3. The van der Waals surface area contributed by atoms with E-state index in [9.17, 15) is 9.90 Å². The van der Waals surface area contributed by atoms with Crippen molar-refractivity contribution in [2.75, 3.05) is 0 Å². The van der Waals surface area contributed by atoms with Crippen molar-refractivity contribution in [1.82, 2.24) is 0 Å². The Morgan fingerprint density at radius 3 is 2.35 bits per heavy atom. The minimum atomic E-state index is -0.206. The highest BCUT2D eigenvalue weighted by atomic mass is 35.5. The predicted molar refractivity (Wildman–Crippen MR) is 101 cm³/mol. The van der Waals surface area contributed by atoms with Gasteiger partial charge in [-0.3, -0.25) is 4.79 Å². The molecule has 2 saturated heterocycles. The van der Waals surface area contributed by atoms with Crippen LogP contribution >= 0.6 is 11.6 Å². The van der Waals surface area contributed by atoms with Gasteiger partial charge in [-0.2, -0.15) is 0 Å². The molecule has 2 aromatic rings. The van der Waals surface area contributed by atoms with Crippen molar-refractivity contribution in [3.05, 3.63) is 64.4 Å². The second-order valence-corrected chi connectivity index (χ2v) is 7.94. The average molecular weight is 367 g/mol. The maximum Gasteiger partial charge on any atom is 0.173 e. The molecule has 0 amide bonds. The molecule has 3 aliphatic rings. The van der Waals surface area contributed by atoms with Crippen LogP contribution in [0.15, 0.2) is 48.2 Å². The minimum Gasteiger partial charge on any atom is -0.511 e. The standard InChI is InChI=1S/C22H19ClO3/c1-11-2-3-13(12-4-6-14(23)7-5-12)10-15(11)18-21(24)19-16-8-9-17(26-16)20(19)22(18)25/h2-7,10,16-17,19-20,24H,8-9H2,1H3/t16?,17?,19-,20+/m0/s1. The minimum absolute atomic E-state index is 0.00814. The van der Waals surface area contributed by atoms with Crippen molar-refractivity contribution >= 4 is 23.0 Å². The number of hydrogen-bond acceptors (Lipinski definition) is 3. The first-order valence-corrected chi connectivity index (χ1v) is 9.42. The molecule has 3 nitrogen and oxygen atoms in total. The maximum absolute atomic E-state index is 13.1. The number of fused-ring (bicyclic) bond motifs is 5. The molecule has 0 aromatic heterocycles. The molecule has 4 heteroatoms. The van der Waals surface area contributed by atoms with Crippen LogP contribution in [0.4, 0.5) is 0 Å². The van der Waals surface area contributed by atoms with Crippen molar-refractivity contribution in [3.63, 3.8) is 0 Å². The Morgan fingerprint density at radius 2 is 1.65 bits per heavy atom. The summed E-state index contributed by atoms with van der Waals surface area (Å²) < 4.78 is 5.87. The topological polar surface area (TPSA) is 46.5 Å². The van der Waals surface area contributed by atoms with E-state index in [4.69, 9.17) is 16.3 Å². The number of aliphatic hydroxyl groups excluding tert-OH is 1. The second kappa shape index (κ2) is 5.70. The number of Topliss-reactive ketones (excluding diaryl/α,β-unsaturated/α-hetero) is 1. The molecule has 0 radical (unpaired) electrons. The van der Waals surface area contributed by atoms with Gasteiger partial charge in [-0.15, -0.1) is 0 Å². The monoisotopic (exact) mass is 366 g/mol. The van der Waals surface area contributed by atoms with Gasteiger partial charge in [0.25, 0.3) is 0 Å². The van der Waals surface area contributed by atoms with E-state index >= 15 is 0 Å². The van der Waals surface area contributed by atoms with Gasteiger partial charge in [0.15, 0.2) is 5.78 Å². The second-order valence-electron chi connectivity index (χ2n) is 7.50. The van der Waals surface area contributed by atoms with Gasteiger partial charge >= 0.3 is 0 Å². The molecule has 0 spiro atoms. The first-order chi connectivity index (χ1) is 12.5. The zero-order valence-corrected chi connectivity index (χ0v) is 15.2. The van der Waals surface area contributed by atoms with Crippen LogP contribution in [0.2, 0.25) is 5.02 Å². The summed E-state index contributed by atoms with van der Waals surface area (Å²) in [5.74, 6) is -0.100. The lowest BCUT2D eigenvalue weighted by molar-refractivity contribution is -0.118. The molecule has 0 saturated carbocycles. The van der Waals surface area contributed by atoms with E-state index in [0.29, 0.717) is 10.6 Å². The molecule has 5 rings (SSSR count). The van der Waals surface area contributed by atoms with Crippen LogP contribution in [0.1, 0.15) is 24.0 Å². The summed E-state index contributed by atoms with van der Waals surface area (Å²) >= 11 is 5.99. The van der Waals surface area contributed by atoms with Crippen LogP contribution in [0.25, 0.3) is 16.7 Å². The Hall–Kier alpha value is -2.10. The number of ketones is 1. The maximum atomic E-state index is 13.1. The van der Waals surface area contributed by atoms with Crippen LogP contribution in [-0.2, 0) is 9.53 Å². The number of carbonyl (C=O) groups excluding carboxylic acids is 1. The van der Waals surface area contributed by atoms with E-state index in [2.05, 4.69) is 0 Å². The number of ether oxygens (including phenoxy) is 1.